The van der Waals surface area contributed by atoms with E-state index in [0.717, 1.165) is 11.8 Å². The maximum Gasteiger partial charge on any atom is 0.355 e. The number of rotatable bonds is 9. The number of esters is 1. The van der Waals surface area contributed by atoms with Gasteiger partial charge < -0.3 is 18.9 Å². The molecule has 0 bridgehead atoms. The molecule has 1 aromatic carbocycles. The number of Topliss-reactive ketones (excluding diaryl/α,β-unsaturated/α-hetero) is 1. The van der Waals surface area contributed by atoms with Crippen LogP contribution in [0.1, 0.15) is 44.9 Å². The summed E-state index contributed by atoms with van der Waals surface area (Å²) in [4.78, 5) is 27.6. The number of carbonyl (C=O) groups excluding carboxylic acids is 2. The minimum Gasteiger partial charge on any atom is -0.484 e. The molecule has 30 heavy (non-hydrogen) atoms. The number of aryl methyl sites for hydroxylation is 1. The number of nitrogens with one attached hydrogen (secondary N) is 1. The van der Waals surface area contributed by atoms with Crippen LogP contribution >= 0.6 is 23.4 Å². The van der Waals surface area contributed by atoms with E-state index in [1.807, 2.05) is 0 Å². The van der Waals surface area contributed by atoms with Gasteiger partial charge in [-0.2, -0.15) is 0 Å². The van der Waals surface area contributed by atoms with Gasteiger partial charge in [0, 0.05) is 16.3 Å². The molecule has 10 heteroatoms. The molecule has 0 aliphatic heterocycles. The van der Waals surface area contributed by atoms with Crippen molar-refractivity contribution in [2.24, 2.45) is 0 Å². The number of halogens is 1. The molecule has 0 radical (unpaired) electrons. The number of hydrogen-bond donors (Lipinski definition) is 1. The van der Waals surface area contributed by atoms with Gasteiger partial charge in [0.2, 0.25) is 0 Å². The third-order valence-corrected chi connectivity index (χ3v) is 5.22. The number of H-pyrrole nitrogens is 1. The Morgan fingerprint density at radius 2 is 1.93 bits per heavy atom. The molecule has 0 fully saturated rings. The number of thioether (sulfide) groups is 1. The Hall–Kier alpha value is -2.78. The zero-order chi connectivity index (χ0) is 21.7. The highest BCUT2D eigenvalue weighted by molar-refractivity contribution is 7.99. The Balaban J connectivity index is 1.58. The molecule has 0 unspecified atom stereocenters. The van der Waals surface area contributed by atoms with Gasteiger partial charge in [-0.3, -0.25) is 4.79 Å². The molecule has 8 nitrogen and oxygen atoms in total. The fourth-order valence-electron chi connectivity index (χ4n) is 2.81. The van der Waals surface area contributed by atoms with Crippen LogP contribution in [0.5, 0.6) is 5.75 Å². The first kappa shape index (κ1) is 21.9. The van der Waals surface area contributed by atoms with E-state index in [1.54, 1.807) is 45.0 Å². The van der Waals surface area contributed by atoms with Crippen molar-refractivity contribution in [3.05, 3.63) is 57.7 Å². The summed E-state index contributed by atoms with van der Waals surface area (Å²) in [5.41, 5.74) is 1.95. The smallest absolute Gasteiger partial charge is 0.355 e. The minimum atomic E-state index is -0.480. The summed E-state index contributed by atoms with van der Waals surface area (Å²) in [5, 5.41) is 8.71. The SMILES string of the molecule is CCOC(=O)c1[nH]c(C)c(C(=O)CSc2nnc(COc3ccc(Cl)cc3)o2)c1C. The first-order valence-corrected chi connectivity index (χ1v) is 10.5. The zero-order valence-corrected chi connectivity index (χ0v) is 18.2. The van der Waals surface area contributed by atoms with Gasteiger partial charge in [-0.05, 0) is 50.6 Å². The van der Waals surface area contributed by atoms with Crippen molar-refractivity contribution in [1.29, 1.82) is 0 Å². The lowest BCUT2D eigenvalue weighted by atomic mass is 10.1. The summed E-state index contributed by atoms with van der Waals surface area (Å²) in [6, 6.07) is 6.91. The Bertz CT molecular complexity index is 1050. The lowest BCUT2D eigenvalue weighted by molar-refractivity contribution is 0.0519. The number of aromatic amines is 1. The maximum absolute atomic E-state index is 12.7. The van der Waals surface area contributed by atoms with Crippen LogP contribution in [-0.2, 0) is 11.3 Å². The third kappa shape index (κ3) is 5.22. The van der Waals surface area contributed by atoms with Crippen molar-refractivity contribution < 1.29 is 23.5 Å². The van der Waals surface area contributed by atoms with Gasteiger partial charge in [-0.15, -0.1) is 10.2 Å². The highest BCUT2D eigenvalue weighted by Crippen LogP contribution is 2.24. The molecule has 158 valence electrons. The van der Waals surface area contributed by atoms with Crippen LogP contribution in [-0.4, -0.2) is 39.3 Å². The van der Waals surface area contributed by atoms with Crippen LogP contribution in [0.2, 0.25) is 5.02 Å². The summed E-state index contributed by atoms with van der Waals surface area (Å²) in [5.74, 6) is 0.365. The molecule has 3 aromatic rings. The van der Waals surface area contributed by atoms with E-state index < -0.39 is 5.97 Å². The summed E-state index contributed by atoms with van der Waals surface area (Å²) >= 11 is 6.96. The second-order valence-corrected chi connectivity index (χ2v) is 7.62. The molecule has 0 saturated carbocycles. The molecular formula is C20H20ClN3O5S. The van der Waals surface area contributed by atoms with E-state index in [-0.39, 0.29) is 30.0 Å². The van der Waals surface area contributed by atoms with Crippen molar-refractivity contribution in [1.82, 2.24) is 15.2 Å². The fourth-order valence-corrected chi connectivity index (χ4v) is 3.58. The lowest BCUT2D eigenvalue weighted by Gasteiger charge is -2.02. The van der Waals surface area contributed by atoms with Crippen LogP contribution in [0, 0.1) is 13.8 Å². The Kier molecular flexibility index (Phi) is 7.17. The number of ketones is 1. The second kappa shape index (κ2) is 9.82. The lowest BCUT2D eigenvalue weighted by Crippen LogP contribution is -2.08. The fraction of sp³-hybridized carbons (Fsp3) is 0.300. The molecule has 0 aliphatic carbocycles. The molecule has 3 rings (SSSR count). The zero-order valence-electron chi connectivity index (χ0n) is 16.7. The van der Waals surface area contributed by atoms with Gasteiger partial charge >= 0.3 is 5.97 Å². The van der Waals surface area contributed by atoms with Crippen molar-refractivity contribution >= 4 is 35.1 Å². The Morgan fingerprint density at radius 1 is 1.20 bits per heavy atom. The highest BCUT2D eigenvalue weighted by atomic mass is 35.5. The van der Waals surface area contributed by atoms with Crippen LogP contribution in [0.3, 0.4) is 0 Å². The maximum atomic E-state index is 12.7. The molecule has 0 atom stereocenters. The summed E-state index contributed by atoms with van der Waals surface area (Å²) < 4.78 is 16.1. The number of benzene rings is 1. The topological polar surface area (TPSA) is 107 Å². The van der Waals surface area contributed by atoms with Crippen LogP contribution in [0.4, 0.5) is 0 Å². The van der Waals surface area contributed by atoms with Gasteiger partial charge in [-0.1, -0.05) is 23.4 Å². The van der Waals surface area contributed by atoms with Crippen LogP contribution < -0.4 is 4.74 Å². The Labute approximate surface area is 182 Å². The average Bonchev–Trinajstić information content (AvgIpc) is 3.29. The molecule has 2 heterocycles. The van der Waals surface area contributed by atoms with Crippen LogP contribution in [0.15, 0.2) is 33.9 Å². The van der Waals surface area contributed by atoms with Gasteiger partial charge in [-0.25, -0.2) is 4.79 Å². The minimum absolute atomic E-state index is 0.0848. The second-order valence-electron chi connectivity index (χ2n) is 6.26. The van der Waals surface area contributed by atoms with Crippen molar-refractivity contribution in [3.8, 4) is 5.75 Å². The van der Waals surface area contributed by atoms with E-state index in [2.05, 4.69) is 15.2 Å². The molecule has 0 amide bonds. The predicted molar refractivity (Wildman–Crippen MR) is 111 cm³/mol. The van der Waals surface area contributed by atoms with E-state index in [1.165, 1.54) is 0 Å². The van der Waals surface area contributed by atoms with E-state index in [0.29, 0.717) is 39.2 Å². The normalized spacial score (nSPS) is 10.8. The molecule has 0 aliphatic rings. The summed E-state index contributed by atoms with van der Waals surface area (Å²) in [6.07, 6.45) is 0. The van der Waals surface area contributed by atoms with Crippen LogP contribution in [0.25, 0.3) is 0 Å². The third-order valence-electron chi connectivity index (χ3n) is 4.15. The van der Waals surface area contributed by atoms with Crippen molar-refractivity contribution in [2.45, 2.75) is 32.6 Å². The highest BCUT2D eigenvalue weighted by Gasteiger charge is 2.23. The molecule has 2 aromatic heterocycles. The standard InChI is InChI=1S/C20H20ClN3O5S/c1-4-27-19(26)18-11(2)17(12(3)22-18)15(25)10-30-20-24-23-16(29-20)9-28-14-7-5-13(21)6-8-14/h5-8,22H,4,9-10H2,1-3H3. The largest absolute Gasteiger partial charge is 0.484 e. The molecule has 0 saturated heterocycles. The average molecular weight is 450 g/mol. The van der Waals surface area contributed by atoms with Crippen molar-refractivity contribution in [3.63, 3.8) is 0 Å². The monoisotopic (exact) mass is 449 g/mol. The number of carbonyl (C=O) groups is 2. The molecular weight excluding hydrogens is 430 g/mol. The molecule has 1 N–H and O–H groups in total. The quantitative estimate of drug-likeness (QED) is 0.291. The molecule has 0 spiro atoms. The van der Waals surface area contributed by atoms with Gasteiger partial charge in [0.25, 0.3) is 11.1 Å². The number of nitrogens with zero attached hydrogens (tertiary/aromatic N) is 2. The predicted octanol–water partition coefficient (Wildman–Crippen LogP) is 4.40. The first-order chi connectivity index (χ1) is 14.4. The van der Waals surface area contributed by atoms with Gasteiger partial charge in [0.05, 0.1) is 12.4 Å². The van der Waals surface area contributed by atoms with E-state index >= 15 is 0 Å². The number of ether oxygens (including phenoxy) is 2. The summed E-state index contributed by atoms with van der Waals surface area (Å²) in [6.45, 7) is 5.54. The van der Waals surface area contributed by atoms with E-state index in [9.17, 15) is 9.59 Å². The van der Waals surface area contributed by atoms with E-state index in [4.69, 9.17) is 25.5 Å². The van der Waals surface area contributed by atoms with Gasteiger partial charge in [0.1, 0.15) is 11.4 Å². The Morgan fingerprint density at radius 3 is 2.63 bits per heavy atom. The summed E-state index contributed by atoms with van der Waals surface area (Å²) in [7, 11) is 0. The van der Waals surface area contributed by atoms with Gasteiger partial charge in [0.15, 0.2) is 12.4 Å². The van der Waals surface area contributed by atoms with Crippen molar-refractivity contribution in [2.75, 3.05) is 12.4 Å². The first-order valence-electron chi connectivity index (χ1n) is 9.12. The number of hydrogen-bond acceptors (Lipinski definition) is 8. The number of aromatic nitrogens is 3.